The zero-order valence-corrected chi connectivity index (χ0v) is 12.7. The van der Waals surface area contributed by atoms with Gasteiger partial charge in [0.05, 0.1) is 11.7 Å². The van der Waals surface area contributed by atoms with Crippen LogP contribution in [0, 0.1) is 11.8 Å². The average molecular weight is 316 g/mol. The molecule has 0 unspecified atom stereocenters. The van der Waals surface area contributed by atoms with Gasteiger partial charge in [-0.15, -0.1) is 0 Å². The van der Waals surface area contributed by atoms with Crippen molar-refractivity contribution in [2.75, 3.05) is 25.4 Å². The predicted molar refractivity (Wildman–Crippen MR) is 78.0 cm³/mol. The Bertz CT molecular complexity index is 439. The second kappa shape index (κ2) is 6.53. The zero-order chi connectivity index (χ0) is 14.7. The molecule has 1 aliphatic heterocycles. The van der Waals surface area contributed by atoms with E-state index in [1.165, 1.54) is 16.7 Å². The number of ether oxygens (including phenoxy) is 1. The average Bonchev–Trinajstić information content (AvgIpc) is 3.06. The summed E-state index contributed by atoms with van der Waals surface area (Å²) in [5.74, 6) is -0.0193. The molecule has 1 heterocycles. The molecule has 0 radical (unpaired) electrons. The molecule has 0 aromatic carbocycles. The number of esters is 1. The highest BCUT2D eigenvalue weighted by Gasteiger charge is 2.40. The van der Waals surface area contributed by atoms with Gasteiger partial charge in [-0.05, 0) is 12.3 Å². The van der Waals surface area contributed by atoms with Gasteiger partial charge in [0.15, 0.2) is 6.61 Å². The van der Waals surface area contributed by atoms with Crippen LogP contribution in [0.15, 0.2) is 0 Å². The van der Waals surface area contributed by atoms with Crippen LogP contribution in [0.2, 0.25) is 0 Å². The molecule has 2 atom stereocenters. The van der Waals surface area contributed by atoms with E-state index in [1.54, 1.807) is 0 Å². The van der Waals surface area contributed by atoms with E-state index in [1.807, 2.05) is 6.92 Å². The first-order valence-electron chi connectivity index (χ1n) is 6.39. The van der Waals surface area contributed by atoms with Crippen LogP contribution in [0.4, 0.5) is 0 Å². The molecule has 0 bridgehead atoms. The van der Waals surface area contributed by atoms with Gasteiger partial charge in [0.2, 0.25) is 5.91 Å². The fourth-order valence-corrected chi connectivity index (χ4v) is 2.97. The number of carbonyl (C=O) groups is 3. The van der Waals surface area contributed by atoms with Gasteiger partial charge in [-0.25, -0.2) is 0 Å². The molecule has 0 aromatic heterocycles. The molecule has 2 aliphatic rings. The van der Waals surface area contributed by atoms with E-state index >= 15 is 0 Å². The van der Waals surface area contributed by atoms with Crippen LogP contribution < -0.4 is 5.32 Å². The first-order chi connectivity index (χ1) is 9.49. The Morgan fingerprint density at radius 3 is 2.80 bits per heavy atom. The first-order valence-corrected chi connectivity index (χ1v) is 7.79. The Labute approximate surface area is 126 Å². The van der Waals surface area contributed by atoms with Crippen molar-refractivity contribution in [3.8, 4) is 0 Å². The number of thiocarbonyl (C=S) groups is 1. The minimum atomic E-state index is -0.364. The first kappa shape index (κ1) is 15.2. The van der Waals surface area contributed by atoms with Crippen LogP contribution in [0.1, 0.15) is 13.3 Å². The van der Waals surface area contributed by atoms with Gasteiger partial charge in [0.25, 0.3) is 5.91 Å². The maximum Gasteiger partial charge on any atom is 0.309 e. The van der Waals surface area contributed by atoms with Gasteiger partial charge in [-0.3, -0.25) is 19.3 Å². The second-order valence-electron chi connectivity index (χ2n) is 4.88. The highest BCUT2D eigenvalue weighted by Crippen LogP contribution is 2.38. The number of carbonyl (C=O) groups excluding carboxylic acids is 3. The van der Waals surface area contributed by atoms with Crippen LogP contribution in [-0.2, 0) is 19.1 Å². The smallest absolute Gasteiger partial charge is 0.309 e. The summed E-state index contributed by atoms with van der Waals surface area (Å²) in [4.78, 5) is 35.8. The molecular formula is C12H16N2O4S2. The third-order valence-corrected chi connectivity index (χ3v) is 4.69. The molecule has 0 aromatic rings. The molecular weight excluding hydrogens is 300 g/mol. The summed E-state index contributed by atoms with van der Waals surface area (Å²) in [6.45, 7) is 2.35. The number of hydrogen-bond donors (Lipinski definition) is 1. The molecule has 6 nitrogen and oxygen atoms in total. The van der Waals surface area contributed by atoms with Crippen molar-refractivity contribution in [3.63, 3.8) is 0 Å². The zero-order valence-electron chi connectivity index (χ0n) is 11.1. The molecule has 20 heavy (non-hydrogen) atoms. The summed E-state index contributed by atoms with van der Waals surface area (Å²) >= 11 is 6.34. The number of amides is 2. The van der Waals surface area contributed by atoms with E-state index < -0.39 is 0 Å². The Morgan fingerprint density at radius 2 is 2.25 bits per heavy atom. The molecule has 1 N–H and O–H groups in total. The van der Waals surface area contributed by atoms with Crippen molar-refractivity contribution in [2.24, 2.45) is 11.8 Å². The van der Waals surface area contributed by atoms with E-state index in [4.69, 9.17) is 17.0 Å². The van der Waals surface area contributed by atoms with Crippen LogP contribution >= 0.6 is 24.0 Å². The van der Waals surface area contributed by atoms with Crippen LogP contribution in [-0.4, -0.2) is 52.5 Å². The Balaban J connectivity index is 1.59. The predicted octanol–water partition coefficient (Wildman–Crippen LogP) is 0.162. The minimum Gasteiger partial charge on any atom is -0.455 e. The van der Waals surface area contributed by atoms with Gasteiger partial charge < -0.3 is 10.1 Å². The van der Waals surface area contributed by atoms with Gasteiger partial charge in [0, 0.05) is 13.1 Å². The molecule has 1 saturated carbocycles. The molecule has 1 aliphatic carbocycles. The number of hydrogen-bond acceptors (Lipinski definition) is 6. The van der Waals surface area contributed by atoms with E-state index in [2.05, 4.69) is 5.32 Å². The van der Waals surface area contributed by atoms with E-state index in [0.717, 1.165) is 6.42 Å². The largest absolute Gasteiger partial charge is 0.455 e. The van der Waals surface area contributed by atoms with Crippen molar-refractivity contribution in [1.82, 2.24) is 10.2 Å². The van der Waals surface area contributed by atoms with Crippen LogP contribution in [0.5, 0.6) is 0 Å². The highest BCUT2D eigenvalue weighted by molar-refractivity contribution is 8.23. The summed E-state index contributed by atoms with van der Waals surface area (Å²) in [5.41, 5.74) is 0. The van der Waals surface area contributed by atoms with E-state index in [9.17, 15) is 14.4 Å². The van der Waals surface area contributed by atoms with Crippen LogP contribution in [0.25, 0.3) is 0 Å². The monoisotopic (exact) mass is 316 g/mol. The number of thioether (sulfide) groups is 1. The Kier molecular flexibility index (Phi) is 4.98. The van der Waals surface area contributed by atoms with Gasteiger partial charge in [-0.1, -0.05) is 30.9 Å². The van der Waals surface area contributed by atoms with Crippen molar-refractivity contribution in [2.45, 2.75) is 13.3 Å². The normalized spacial score (nSPS) is 24.8. The Hall–Kier alpha value is -1.15. The lowest BCUT2D eigenvalue weighted by Crippen LogP contribution is -2.38. The fraction of sp³-hybridized carbons (Fsp3) is 0.667. The highest BCUT2D eigenvalue weighted by atomic mass is 32.2. The van der Waals surface area contributed by atoms with Gasteiger partial charge in [-0.2, -0.15) is 0 Å². The van der Waals surface area contributed by atoms with E-state index in [0.29, 0.717) is 29.1 Å². The lowest BCUT2D eigenvalue weighted by Gasteiger charge is -2.15. The lowest BCUT2D eigenvalue weighted by atomic mass is 10.3. The second-order valence-corrected chi connectivity index (χ2v) is 6.49. The SMILES string of the molecule is C[C@@H]1C[C@H]1C(=O)OCC(=O)NCCN1C(=O)CSC1=S. The molecule has 1 saturated heterocycles. The fourth-order valence-electron chi connectivity index (χ4n) is 1.85. The number of nitrogens with one attached hydrogen (secondary N) is 1. The summed E-state index contributed by atoms with van der Waals surface area (Å²) in [5, 5.41) is 2.60. The number of rotatable bonds is 6. The summed E-state index contributed by atoms with van der Waals surface area (Å²) < 4.78 is 5.44. The van der Waals surface area contributed by atoms with Crippen molar-refractivity contribution < 1.29 is 19.1 Å². The molecule has 0 spiro atoms. The maximum absolute atomic E-state index is 11.5. The molecule has 2 amide bonds. The third-order valence-electron chi connectivity index (χ3n) is 3.26. The maximum atomic E-state index is 11.5. The van der Waals surface area contributed by atoms with Crippen molar-refractivity contribution in [3.05, 3.63) is 0 Å². The molecule has 2 fully saturated rings. The third kappa shape index (κ3) is 3.92. The van der Waals surface area contributed by atoms with E-state index in [-0.39, 0.29) is 30.3 Å². The Morgan fingerprint density at radius 1 is 1.55 bits per heavy atom. The summed E-state index contributed by atoms with van der Waals surface area (Å²) in [7, 11) is 0. The molecule has 110 valence electrons. The lowest BCUT2D eigenvalue weighted by molar-refractivity contribution is -0.150. The van der Waals surface area contributed by atoms with Crippen LogP contribution in [0.3, 0.4) is 0 Å². The topological polar surface area (TPSA) is 75.7 Å². The molecule has 8 heteroatoms. The van der Waals surface area contributed by atoms with Crippen molar-refractivity contribution in [1.29, 1.82) is 0 Å². The summed E-state index contributed by atoms with van der Waals surface area (Å²) in [6, 6.07) is 0. The van der Waals surface area contributed by atoms with Gasteiger partial charge >= 0.3 is 5.97 Å². The standard InChI is InChI=1S/C12H16N2O4S2/c1-7-4-8(7)11(17)18-5-9(15)13-2-3-14-10(16)6-20-12(14)19/h7-8H,2-6H2,1H3,(H,13,15)/t7-,8-/m1/s1. The van der Waals surface area contributed by atoms with Crippen molar-refractivity contribution >= 4 is 46.1 Å². The number of nitrogens with zero attached hydrogens (tertiary/aromatic N) is 1. The summed E-state index contributed by atoms with van der Waals surface area (Å²) in [6.07, 6.45) is 0.840. The molecule has 2 rings (SSSR count). The quantitative estimate of drug-likeness (QED) is 0.556. The van der Waals surface area contributed by atoms with Gasteiger partial charge in [0.1, 0.15) is 4.32 Å². The minimum absolute atomic E-state index is 0.0385.